The summed E-state index contributed by atoms with van der Waals surface area (Å²) in [6.07, 6.45) is 0.870. The van der Waals surface area contributed by atoms with Gasteiger partial charge in [-0.1, -0.05) is 30.3 Å². The Hall–Kier alpha value is -3.84. The van der Waals surface area contributed by atoms with Gasteiger partial charge in [-0.2, -0.15) is 0 Å². The van der Waals surface area contributed by atoms with Crippen molar-refractivity contribution in [1.82, 2.24) is 4.90 Å². The number of hydrogen-bond donors (Lipinski definition) is 0. The molecule has 2 aliphatic rings. The predicted molar refractivity (Wildman–Crippen MR) is 132 cm³/mol. The van der Waals surface area contributed by atoms with Crippen LogP contribution in [0, 0.1) is 0 Å². The number of nitrogens with zero attached hydrogens (tertiary/aromatic N) is 2. The second-order valence-electron chi connectivity index (χ2n) is 8.69. The van der Waals surface area contributed by atoms with Crippen LogP contribution in [0.4, 0.5) is 5.69 Å². The molecule has 0 saturated carbocycles. The average molecular weight is 473 g/mol. The van der Waals surface area contributed by atoms with Gasteiger partial charge in [0.15, 0.2) is 11.5 Å². The zero-order valence-electron chi connectivity index (χ0n) is 20.1. The molecule has 2 atom stereocenters. The van der Waals surface area contributed by atoms with E-state index in [1.165, 1.54) is 4.90 Å². The minimum atomic E-state index is -0.559. The van der Waals surface area contributed by atoms with Crippen LogP contribution in [0.3, 0.4) is 0 Å². The first kappa shape index (κ1) is 22.9. The third-order valence-electron chi connectivity index (χ3n) is 6.88. The van der Waals surface area contributed by atoms with Crippen molar-refractivity contribution in [3.63, 3.8) is 0 Å². The number of para-hydroxylation sites is 1. The Morgan fingerprint density at radius 1 is 0.829 bits per heavy atom. The first-order valence-corrected chi connectivity index (χ1v) is 11.6. The van der Waals surface area contributed by atoms with Gasteiger partial charge in [0.05, 0.1) is 45.5 Å². The number of carbonyl (C=O) groups is 2. The van der Waals surface area contributed by atoms with Crippen molar-refractivity contribution in [2.75, 3.05) is 32.8 Å². The number of benzene rings is 3. The molecule has 0 bridgehead atoms. The Kier molecular flexibility index (Phi) is 6.17. The lowest BCUT2D eigenvalue weighted by atomic mass is 9.86. The minimum Gasteiger partial charge on any atom is -0.497 e. The highest BCUT2D eigenvalue weighted by atomic mass is 16.5. The van der Waals surface area contributed by atoms with Gasteiger partial charge < -0.3 is 14.2 Å². The molecule has 0 unspecified atom stereocenters. The topological polar surface area (TPSA) is 68.3 Å². The molecule has 2 aliphatic heterocycles. The summed E-state index contributed by atoms with van der Waals surface area (Å²) in [6.45, 7) is 0.630. The van der Waals surface area contributed by atoms with Crippen LogP contribution in [-0.2, 0) is 16.0 Å². The SMILES string of the molecule is COc1ccc([C@H]2c3cc(OC)c(OC)cc3CCN2[C@@H]2CC(=O)N(c3ccccc3)C2=O)cc1. The number of fused-ring (bicyclic) bond motifs is 1. The zero-order valence-corrected chi connectivity index (χ0v) is 20.1. The summed E-state index contributed by atoms with van der Waals surface area (Å²) in [7, 11) is 4.88. The second-order valence-corrected chi connectivity index (χ2v) is 8.69. The standard InChI is InChI=1S/C28H28N2O5/c1-33-21-11-9-18(10-12-21)27-22-16-25(35-3)24(34-2)15-19(22)13-14-29(27)23-17-26(31)30(28(23)32)20-7-5-4-6-8-20/h4-12,15-16,23,27H,13-14,17H2,1-3H3/t23-,27+/m1/s1. The van der Waals surface area contributed by atoms with Gasteiger partial charge in [0.1, 0.15) is 5.75 Å². The number of rotatable bonds is 6. The Balaban J connectivity index is 1.59. The van der Waals surface area contributed by atoms with E-state index in [1.807, 2.05) is 54.6 Å². The molecule has 0 aromatic heterocycles. The van der Waals surface area contributed by atoms with Crippen LogP contribution in [0.5, 0.6) is 17.2 Å². The largest absolute Gasteiger partial charge is 0.497 e. The molecule has 0 N–H and O–H groups in total. The van der Waals surface area contributed by atoms with Crippen LogP contribution < -0.4 is 19.1 Å². The van der Waals surface area contributed by atoms with Crippen molar-refractivity contribution in [2.45, 2.75) is 24.9 Å². The summed E-state index contributed by atoms with van der Waals surface area (Å²) < 4.78 is 16.5. The van der Waals surface area contributed by atoms with Gasteiger partial charge in [0.2, 0.25) is 5.91 Å². The Bertz CT molecular complexity index is 1240. The predicted octanol–water partition coefficient (Wildman–Crippen LogP) is 3.99. The van der Waals surface area contributed by atoms with Crippen LogP contribution in [-0.4, -0.2) is 50.6 Å². The van der Waals surface area contributed by atoms with E-state index in [9.17, 15) is 9.59 Å². The van der Waals surface area contributed by atoms with Crippen LogP contribution in [0.2, 0.25) is 0 Å². The van der Waals surface area contributed by atoms with Crippen LogP contribution in [0.25, 0.3) is 0 Å². The van der Waals surface area contributed by atoms with Crippen molar-refractivity contribution >= 4 is 17.5 Å². The number of hydrogen-bond acceptors (Lipinski definition) is 6. The molecule has 0 aliphatic carbocycles. The third-order valence-corrected chi connectivity index (χ3v) is 6.88. The fraction of sp³-hybridized carbons (Fsp3) is 0.286. The van der Waals surface area contributed by atoms with E-state index in [4.69, 9.17) is 14.2 Å². The zero-order chi connectivity index (χ0) is 24.5. The third kappa shape index (κ3) is 4.02. The van der Waals surface area contributed by atoms with Gasteiger partial charge in [-0.15, -0.1) is 0 Å². The monoisotopic (exact) mass is 472 g/mol. The number of methoxy groups -OCH3 is 3. The van der Waals surface area contributed by atoms with Gasteiger partial charge in [-0.3, -0.25) is 14.5 Å². The molecule has 35 heavy (non-hydrogen) atoms. The quantitative estimate of drug-likeness (QED) is 0.506. The number of anilines is 1. The minimum absolute atomic E-state index is 0.142. The van der Waals surface area contributed by atoms with E-state index in [1.54, 1.807) is 33.5 Å². The molecule has 1 fully saturated rings. The summed E-state index contributed by atoms with van der Waals surface area (Å²) in [4.78, 5) is 30.1. The molecular formula is C28H28N2O5. The van der Waals surface area contributed by atoms with Gasteiger partial charge in [0, 0.05) is 6.54 Å². The van der Waals surface area contributed by atoms with Crippen molar-refractivity contribution in [2.24, 2.45) is 0 Å². The maximum absolute atomic E-state index is 13.6. The molecule has 3 aromatic rings. The maximum atomic E-state index is 13.6. The number of imide groups is 1. The lowest BCUT2D eigenvalue weighted by Crippen LogP contribution is -2.47. The normalized spacial score (nSPS) is 20.0. The highest BCUT2D eigenvalue weighted by Crippen LogP contribution is 2.43. The van der Waals surface area contributed by atoms with E-state index in [2.05, 4.69) is 4.90 Å². The van der Waals surface area contributed by atoms with E-state index in [0.29, 0.717) is 23.7 Å². The lowest BCUT2D eigenvalue weighted by molar-refractivity contribution is -0.123. The number of amides is 2. The van der Waals surface area contributed by atoms with Crippen molar-refractivity contribution in [3.05, 3.63) is 83.4 Å². The molecule has 3 aromatic carbocycles. The fourth-order valence-electron chi connectivity index (χ4n) is 5.18. The van der Waals surface area contributed by atoms with Gasteiger partial charge >= 0.3 is 0 Å². The summed E-state index contributed by atoms with van der Waals surface area (Å²) in [5, 5.41) is 0. The molecular weight excluding hydrogens is 444 g/mol. The van der Waals surface area contributed by atoms with Crippen molar-refractivity contribution in [1.29, 1.82) is 0 Å². The molecule has 7 nitrogen and oxygen atoms in total. The highest BCUT2D eigenvalue weighted by molar-refractivity contribution is 6.22. The molecule has 7 heteroatoms. The summed E-state index contributed by atoms with van der Waals surface area (Å²) in [5.74, 6) is 1.69. The second kappa shape index (κ2) is 9.43. The fourth-order valence-corrected chi connectivity index (χ4v) is 5.18. The molecule has 5 rings (SSSR count). The molecule has 0 radical (unpaired) electrons. The van der Waals surface area contributed by atoms with E-state index >= 15 is 0 Å². The molecule has 1 saturated heterocycles. The van der Waals surface area contributed by atoms with E-state index < -0.39 is 6.04 Å². The number of carbonyl (C=O) groups excluding carboxylic acids is 2. The highest BCUT2D eigenvalue weighted by Gasteiger charge is 2.46. The van der Waals surface area contributed by atoms with Crippen LogP contribution >= 0.6 is 0 Å². The average Bonchev–Trinajstić information content (AvgIpc) is 3.20. The number of ether oxygens (including phenoxy) is 3. The first-order valence-electron chi connectivity index (χ1n) is 11.6. The summed E-state index contributed by atoms with van der Waals surface area (Å²) in [6, 6.07) is 20.2. The van der Waals surface area contributed by atoms with Crippen molar-refractivity contribution < 1.29 is 23.8 Å². The van der Waals surface area contributed by atoms with Crippen molar-refractivity contribution in [3.8, 4) is 17.2 Å². The molecule has 180 valence electrons. The Morgan fingerprint density at radius 3 is 2.17 bits per heavy atom. The van der Waals surface area contributed by atoms with E-state index in [0.717, 1.165) is 28.9 Å². The molecule has 0 spiro atoms. The Labute approximate surface area is 204 Å². The van der Waals surface area contributed by atoms with Gasteiger partial charge in [-0.05, 0) is 59.5 Å². The smallest absolute Gasteiger partial charge is 0.251 e. The summed E-state index contributed by atoms with van der Waals surface area (Å²) in [5.41, 5.74) is 3.79. The van der Waals surface area contributed by atoms with Crippen LogP contribution in [0.1, 0.15) is 29.2 Å². The van der Waals surface area contributed by atoms with Crippen LogP contribution in [0.15, 0.2) is 66.7 Å². The summed E-state index contributed by atoms with van der Waals surface area (Å²) >= 11 is 0. The van der Waals surface area contributed by atoms with Gasteiger partial charge in [0.25, 0.3) is 5.91 Å². The first-order chi connectivity index (χ1) is 17.0. The lowest BCUT2D eigenvalue weighted by Gasteiger charge is -2.40. The van der Waals surface area contributed by atoms with E-state index in [-0.39, 0.29) is 24.3 Å². The Morgan fingerprint density at radius 2 is 1.51 bits per heavy atom. The maximum Gasteiger partial charge on any atom is 0.251 e. The molecule has 2 heterocycles. The molecule has 2 amide bonds. The van der Waals surface area contributed by atoms with Gasteiger partial charge in [-0.25, -0.2) is 4.90 Å².